The van der Waals surface area contributed by atoms with Crippen LogP contribution in [-0.4, -0.2) is 15.5 Å². The number of amides is 1. The summed E-state index contributed by atoms with van der Waals surface area (Å²) in [5.41, 5.74) is 0.0258. The summed E-state index contributed by atoms with van der Waals surface area (Å²) < 4.78 is 40.6. The molecule has 0 aliphatic rings. The van der Waals surface area contributed by atoms with Crippen LogP contribution in [0.3, 0.4) is 0 Å². The average Bonchev–Trinajstić information content (AvgIpc) is 2.60. The van der Waals surface area contributed by atoms with E-state index in [2.05, 4.69) is 10.3 Å². The lowest BCUT2D eigenvalue weighted by atomic mass is 10.1. The number of nitrogens with one attached hydrogen (secondary N) is 1. The van der Waals surface area contributed by atoms with E-state index in [0.717, 1.165) is 29.1 Å². The minimum absolute atomic E-state index is 0.320. The second kappa shape index (κ2) is 7.22. The highest BCUT2D eigenvalue weighted by Gasteiger charge is 2.11. The Balaban J connectivity index is 1.75. The van der Waals surface area contributed by atoms with Crippen molar-refractivity contribution in [1.29, 1.82) is 0 Å². The third kappa shape index (κ3) is 3.97. The van der Waals surface area contributed by atoms with Gasteiger partial charge in [-0.2, -0.15) is 0 Å². The Morgan fingerprint density at radius 1 is 1.00 bits per heavy atom. The molecule has 0 atom stereocenters. The van der Waals surface area contributed by atoms with Gasteiger partial charge in [-0.3, -0.25) is 14.2 Å². The molecule has 0 fully saturated rings. The topological polar surface area (TPSA) is 64.0 Å². The molecular formula is C18H12F3N3O2. The van der Waals surface area contributed by atoms with Crippen molar-refractivity contribution in [2.75, 3.05) is 5.32 Å². The predicted molar refractivity (Wildman–Crippen MR) is 88.9 cm³/mol. The van der Waals surface area contributed by atoms with Crippen LogP contribution >= 0.6 is 0 Å². The van der Waals surface area contributed by atoms with Crippen LogP contribution in [0.25, 0.3) is 11.3 Å². The molecule has 0 unspecified atom stereocenters. The van der Waals surface area contributed by atoms with Crippen molar-refractivity contribution < 1.29 is 18.0 Å². The number of carbonyl (C=O) groups is 1. The van der Waals surface area contributed by atoms with Gasteiger partial charge in [0.25, 0.3) is 5.56 Å². The molecule has 1 aromatic heterocycles. The van der Waals surface area contributed by atoms with Gasteiger partial charge in [0.2, 0.25) is 5.91 Å². The van der Waals surface area contributed by atoms with E-state index in [4.69, 9.17) is 0 Å². The summed E-state index contributed by atoms with van der Waals surface area (Å²) in [6.45, 7) is -0.425. The van der Waals surface area contributed by atoms with Crippen LogP contribution in [0.15, 0.2) is 59.7 Å². The van der Waals surface area contributed by atoms with Crippen LogP contribution in [0.5, 0.6) is 0 Å². The van der Waals surface area contributed by atoms with E-state index in [9.17, 15) is 22.8 Å². The minimum atomic E-state index is -0.795. The van der Waals surface area contributed by atoms with Crippen LogP contribution in [0, 0.1) is 17.5 Å². The number of anilines is 1. The Labute approximate surface area is 145 Å². The van der Waals surface area contributed by atoms with Crippen molar-refractivity contribution >= 4 is 11.6 Å². The third-order valence-electron chi connectivity index (χ3n) is 3.54. The second-order valence-electron chi connectivity index (χ2n) is 5.42. The summed E-state index contributed by atoms with van der Waals surface area (Å²) in [6, 6.07) is 9.27. The fourth-order valence-electron chi connectivity index (χ4n) is 2.26. The Bertz CT molecular complexity index is 1020. The number of rotatable bonds is 4. The van der Waals surface area contributed by atoms with Crippen molar-refractivity contribution in [3.05, 3.63) is 82.7 Å². The number of halogens is 3. The second-order valence-corrected chi connectivity index (χ2v) is 5.42. The molecular weight excluding hydrogens is 347 g/mol. The first-order chi connectivity index (χ1) is 12.4. The van der Waals surface area contributed by atoms with Crippen molar-refractivity contribution in [2.24, 2.45) is 0 Å². The van der Waals surface area contributed by atoms with E-state index in [0.29, 0.717) is 11.3 Å². The van der Waals surface area contributed by atoms with Crippen LogP contribution in [0.2, 0.25) is 0 Å². The highest BCUT2D eigenvalue weighted by Crippen LogP contribution is 2.16. The molecule has 0 aliphatic carbocycles. The molecule has 0 spiro atoms. The fourth-order valence-corrected chi connectivity index (χ4v) is 2.26. The van der Waals surface area contributed by atoms with Gasteiger partial charge in [-0.05, 0) is 36.4 Å². The highest BCUT2D eigenvalue weighted by atomic mass is 19.1. The maximum atomic E-state index is 13.5. The molecule has 0 saturated heterocycles. The molecule has 0 radical (unpaired) electrons. The summed E-state index contributed by atoms with van der Waals surface area (Å²) in [6.07, 6.45) is 1.16. The normalized spacial score (nSPS) is 10.6. The Hall–Kier alpha value is -3.42. The molecule has 26 heavy (non-hydrogen) atoms. The van der Waals surface area contributed by atoms with Crippen LogP contribution in [0.4, 0.5) is 18.9 Å². The van der Waals surface area contributed by atoms with Gasteiger partial charge in [-0.25, -0.2) is 18.2 Å². The number of hydrogen-bond donors (Lipinski definition) is 1. The van der Waals surface area contributed by atoms with Crippen molar-refractivity contribution in [1.82, 2.24) is 9.55 Å². The molecule has 1 amide bonds. The molecule has 0 aliphatic heterocycles. The van der Waals surface area contributed by atoms with Gasteiger partial charge in [0, 0.05) is 17.7 Å². The van der Waals surface area contributed by atoms with Crippen LogP contribution in [-0.2, 0) is 11.3 Å². The molecule has 5 nitrogen and oxygen atoms in total. The van der Waals surface area contributed by atoms with Gasteiger partial charge in [0.15, 0.2) is 0 Å². The number of nitrogens with zero attached hydrogens (tertiary/aromatic N) is 2. The predicted octanol–water partition coefficient (Wildman–Crippen LogP) is 2.97. The molecule has 3 aromatic rings. The SMILES string of the molecule is O=C(Cn1cnc(-c2ccc(F)cc2)cc1=O)Nc1cc(F)ccc1F. The van der Waals surface area contributed by atoms with Gasteiger partial charge >= 0.3 is 0 Å². The number of carbonyl (C=O) groups excluding carboxylic acids is 1. The summed E-state index contributed by atoms with van der Waals surface area (Å²) in [5, 5.41) is 2.20. The fraction of sp³-hybridized carbons (Fsp3) is 0.0556. The highest BCUT2D eigenvalue weighted by molar-refractivity contribution is 5.90. The van der Waals surface area contributed by atoms with E-state index in [1.54, 1.807) is 0 Å². The van der Waals surface area contributed by atoms with Crippen molar-refractivity contribution in [3.63, 3.8) is 0 Å². The van der Waals surface area contributed by atoms with E-state index in [-0.39, 0.29) is 5.69 Å². The van der Waals surface area contributed by atoms with Crippen LogP contribution in [0.1, 0.15) is 0 Å². The standard InChI is InChI=1S/C18H12F3N3O2/c19-12-3-1-11(2-4-12)15-8-18(26)24(10-22-15)9-17(25)23-16-7-13(20)5-6-14(16)21/h1-8,10H,9H2,(H,23,25). The van der Waals surface area contributed by atoms with Gasteiger partial charge in [-0.15, -0.1) is 0 Å². The van der Waals surface area contributed by atoms with Crippen molar-refractivity contribution in [2.45, 2.75) is 6.54 Å². The van der Waals surface area contributed by atoms with Gasteiger partial charge in [0.1, 0.15) is 24.0 Å². The average molecular weight is 359 g/mol. The summed E-state index contributed by atoms with van der Waals surface area (Å²) in [4.78, 5) is 28.1. The monoisotopic (exact) mass is 359 g/mol. The number of hydrogen-bond acceptors (Lipinski definition) is 3. The van der Waals surface area contributed by atoms with Crippen LogP contribution < -0.4 is 10.9 Å². The number of benzene rings is 2. The first-order valence-corrected chi connectivity index (χ1v) is 7.50. The zero-order valence-electron chi connectivity index (χ0n) is 13.2. The molecule has 8 heteroatoms. The van der Waals surface area contributed by atoms with Gasteiger partial charge in [-0.1, -0.05) is 0 Å². The first-order valence-electron chi connectivity index (χ1n) is 7.50. The maximum Gasteiger partial charge on any atom is 0.254 e. The van der Waals surface area contributed by atoms with Crippen molar-refractivity contribution in [3.8, 4) is 11.3 Å². The summed E-state index contributed by atoms with van der Waals surface area (Å²) in [5.74, 6) is -2.63. The lowest BCUT2D eigenvalue weighted by Gasteiger charge is -2.09. The van der Waals surface area contributed by atoms with E-state index in [1.165, 1.54) is 30.3 Å². The molecule has 132 valence electrons. The van der Waals surface area contributed by atoms with Gasteiger partial charge in [0.05, 0.1) is 17.7 Å². The summed E-state index contributed by atoms with van der Waals surface area (Å²) >= 11 is 0. The Morgan fingerprint density at radius 2 is 1.69 bits per heavy atom. The summed E-state index contributed by atoms with van der Waals surface area (Å²) in [7, 11) is 0. The van der Waals surface area contributed by atoms with E-state index < -0.39 is 35.5 Å². The first kappa shape index (κ1) is 17.4. The lowest BCUT2D eigenvalue weighted by Crippen LogP contribution is -2.27. The minimum Gasteiger partial charge on any atom is -0.322 e. The molecule has 3 rings (SSSR count). The lowest BCUT2D eigenvalue weighted by molar-refractivity contribution is -0.116. The smallest absolute Gasteiger partial charge is 0.254 e. The van der Waals surface area contributed by atoms with Gasteiger partial charge < -0.3 is 5.32 Å². The molecule has 1 N–H and O–H groups in total. The van der Waals surface area contributed by atoms with E-state index >= 15 is 0 Å². The maximum absolute atomic E-state index is 13.5. The number of aromatic nitrogens is 2. The van der Waals surface area contributed by atoms with E-state index in [1.807, 2.05) is 0 Å². The zero-order chi connectivity index (χ0) is 18.7. The Morgan fingerprint density at radius 3 is 2.38 bits per heavy atom. The largest absolute Gasteiger partial charge is 0.322 e. The third-order valence-corrected chi connectivity index (χ3v) is 3.54. The quantitative estimate of drug-likeness (QED) is 0.779. The zero-order valence-corrected chi connectivity index (χ0v) is 13.2. The molecule has 1 heterocycles. The molecule has 0 saturated carbocycles. The molecule has 0 bridgehead atoms. The Kier molecular flexibility index (Phi) is 4.83. The molecule has 2 aromatic carbocycles.